The Kier molecular flexibility index (Phi) is 3.99. The average molecular weight is 334 g/mol. The molecule has 0 fully saturated rings. The molecule has 20 heavy (non-hydrogen) atoms. The van der Waals surface area contributed by atoms with E-state index in [1.807, 2.05) is 19.9 Å². The van der Waals surface area contributed by atoms with E-state index in [0.29, 0.717) is 15.6 Å². The Labute approximate surface area is 124 Å². The fourth-order valence-corrected chi connectivity index (χ4v) is 2.23. The fraction of sp³-hybridized carbons (Fsp3) is 0.133. The van der Waals surface area contributed by atoms with Gasteiger partial charge in [-0.2, -0.15) is 0 Å². The van der Waals surface area contributed by atoms with E-state index in [0.717, 1.165) is 11.1 Å². The van der Waals surface area contributed by atoms with Crippen LogP contribution in [0.2, 0.25) is 0 Å². The van der Waals surface area contributed by atoms with Crippen molar-refractivity contribution >= 4 is 27.4 Å². The van der Waals surface area contributed by atoms with Crippen molar-refractivity contribution in [3.8, 4) is 0 Å². The topological polar surface area (TPSA) is 60.2 Å². The quantitative estimate of drug-likeness (QED) is 0.480. The van der Waals surface area contributed by atoms with E-state index in [9.17, 15) is 14.9 Å². The van der Waals surface area contributed by atoms with Crippen molar-refractivity contribution in [2.24, 2.45) is 0 Å². The summed E-state index contributed by atoms with van der Waals surface area (Å²) < 4.78 is 0.360. The zero-order valence-electron chi connectivity index (χ0n) is 11.0. The van der Waals surface area contributed by atoms with Gasteiger partial charge in [0.1, 0.15) is 0 Å². The zero-order valence-corrected chi connectivity index (χ0v) is 12.6. The number of aryl methyl sites for hydroxylation is 2. The van der Waals surface area contributed by atoms with Crippen LogP contribution in [0.1, 0.15) is 27.0 Å². The van der Waals surface area contributed by atoms with Crippen LogP contribution in [0.5, 0.6) is 0 Å². The van der Waals surface area contributed by atoms with Gasteiger partial charge in [0.05, 0.1) is 9.40 Å². The molecule has 102 valence electrons. The van der Waals surface area contributed by atoms with Crippen LogP contribution < -0.4 is 0 Å². The van der Waals surface area contributed by atoms with Gasteiger partial charge in [0.2, 0.25) is 0 Å². The highest BCUT2D eigenvalue weighted by atomic mass is 79.9. The van der Waals surface area contributed by atoms with Gasteiger partial charge in [-0.15, -0.1) is 0 Å². The highest BCUT2D eigenvalue weighted by Gasteiger charge is 2.17. The van der Waals surface area contributed by atoms with Crippen LogP contribution in [0.3, 0.4) is 0 Å². The van der Waals surface area contributed by atoms with Crippen molar-refractivity contribution in [3.05, 3.63) is 73.2 Å². The SMILES string of the molecule is Cc1ccc(C(=O)c2ccc(Br)c([N+](=O)[O-])c2)cc1C. The van der Waals surface area contributed by atoms with Crippen LogP contribution in [0, 0.1) is 24.0 Å². The van der Waals surface area contributed by atoms with Gasteiger partial charge < -0.3 is 0 Å². The van der Waals surface area contributed by atoms with Crippen LogP contribution in [0.4, 0.5) is 5.69 Å². The first kappa shape index (κ1) is 14.4. The highest BCUT2D eigenvalue weighted by molar-refractivity contribution is 9.10. The Balaban J connectivity index is 2.45. The van der Waals surface area contributed by atoms with Gasteiger partial charge in [-0.25, -0.2) is 0 Å². The summed E-state index contributed by atoms with van der Waals surface area (Å²) in [5.41, 5.74) is 2.85. The van der Waals surface area contributed by atoms with Gasteiger partial charge in [-0.3, -0.25) is 14.9 Å². The van der Waals surface area contributed by atoms with Crippen molar-refractivity contribution < 1.29 is 9.72 Å². The van der Waals surface area contributed by atoms with E-state index in [-0.39, 0.29) is 11.5 Å². The third-order valence-corrected chi connectivity index (χ3v) is 3.84. The van der Waals surface area contributed by atoms with E-state index in [1.165, 1.54) is 12.1 Å². The molecule has 2 aromatic rings. The molecule has 5 heteroatoms. The van der Waals surface area contributed by atoms with Crippen molar-refractivity contribution in [2.45, 2.75) is 13.8 Å². The Morgan fingerprint density at radius 3 is 2.25 bits per heavy atom. The minimum atomic E-state index is -0.513. The second-order valence-electron chi connectivity index (χ2n) is 4.55. The van der Waals surface area contributed by atoms with Crippen LogP contribution in [0.25, 0.3) is 0 Å². The van der Waals surface area contributed by atoms with Crippen molar-refractivity contribution in [2.75, 3.05) is 0 Å². The number of benzene rings is 2. The van der Waals surface area contributed by atoms with E-state index in [2.05, 4.69) is 15.9 Å². The zero-order chi connectivity index (χ0) is 14.9. The van der Waals surface area contributed by atoms with Gasteiger partial charge in [-0.05, 0) is 59.1 Å². The maximum absolute atomic E-state index is 12.4. The summed E-state index contributed by atoms with van der Waals surface area (Å²) in [6.45, 7) is 3.89. The Morgan fingerprint density at radius 1 is 1.05 bits per heavy atom. The maximum Gasteiger partial charge on any atom is 0.284 e. The molecule has 0 bridgehead atoms. The molecule has 0 saturated carbocycles. The van der Waals surface area contributed by atoms with Crippen molar-refractivity contribution in [3.63, 3.8) is 0 Å². The first-order valence-electron chi connectivity index (χ1n) is 5.96. The van der Waals surface area contributed by atoms with Crippen LogP contribution in [-0.2, 0) is 0 Å². The van der Waals surface area contributed by atoms with E-state index < -0.39 is 4.92 Å². The lowest BCUT2D eigenvalue weighted by Crippen LogP contribution is -2.03. The largest absolute Gasteiger partial charge is 0.289 e. The molecule has 0 aliphatic carbocycles. The average Bonchev–Trinajstić information content (AvgIpc) is 2.41. The van der Waals surface area contributed by atoms with E-state index in [4.69, 9.17) is 0 Å². The van der Waals surface area contributed by atoms with Gasteiger partial charge in [-0.1, -0.05) is 12.1 Å². The number of halogens is 1. The predicted octanol–water partition coefficient (Wildman–Crippen LogP) is 4.21. The Morgan fingerprint density at radius 2 is 1.65 bits per heavy atom. The molecule has 0 aliphatic heterocycles. The van der Waals surface area contributed by atoms with Crippen LogP contribution in [-0.4, -0.2) is 10.7 Å². The highest BCUT2D eigenvalue weighted by Crippen LogP contribution is 2.27. The van der Waals surface area contributed by atoms with E-state index >= 15 is 0 Å². The molecule has 0 aliphatic rings. The summed E-state index contributed by atoms with van der Waals surface area (Å²) in [6.07, 6.45) is 0. The molecule has 0 atom stereocenters. The summed E-state index contributed by atoms with van der Waals surface area (Å²) in [6, 6.07) is 9.79. The number of rotatable bonds is 3. The molecule has 2 aromatic carbocycles. The minimum absolute atomic E-state index is 0.111. The second kappa shape index (κ2) is 5.54. The maximum atomic E-state index is 12.4. The van der Waals surface area contributed by atoms with Gasteiger partial charge in [0, 0.05) is 17.2 Å². The second-order valence-corrected chi connectivity index (χ2v) is 5.41. The molecule has 4 nitrogen and oxygen atoms in total. The molecular formula is C15H12BrNO3. The minimum Gasteiger partial charge on any atom is -0.289 e. The molecule has 0 heterocycles. The number of hydrogen-bond acceptors (Lipinski definition) is 3. The molecule has 0 N–H and O–H groups in total. The molecule has 0 amide bonds. The number of carbonyl (C=O) groups excluding carboxylic acids is 1. The fourth-order valence-electron chi connectivity index (χ4n) is 1.84. The van der Waals surface area contributed by atoms with Crippen molar-refractivity contribution in [1.29, 1.82) is 0 Å². The standard InChI is InChI=1S/C15H12BrNO3/c1-9-3-4-11(7-10(9)2)15(18)12-5-6-13(16)14(8-12)17(19)20/h3-8H,1-2H3. The first-order chi connectivity index (χ1) is 9.40. The van der Waals surface area contributed by atoms with Crippen LogP contribution >= 0.6 is 15.9 Å². The third kappa shape index (κ3) is 2.77. The molecule has 0 aromatic heterocycles. The molecule has 0 unspecified atom stereocenters. The summed E-state index contributed by atoms with van der Waals surface area (Å²) >= 11 is 3.10. The molecular weight excluding hydrogens is 322 g/mol. The Hall–Kier alpha value is -2.01. The number of nitrogens with zero attached hydrogens (tertiary/aromatic N) is 1. The number of ketones is 1. The number of nitro groups is 1. The molecule has 0 saturated heterocycles. The molecule has 2 rings (SSSR count). The number of hydrogen-bond donors (Lipinski definition) is 0. The summed E-state index contributed by atoms with van der Waals surface area (Å²) in [4.78, 5) is 22.7. The molecule has 0 spiro atoms. The number of carbonyl (C=O) groups is 1. The summed E-state index contributed by atoms with van der Waals surface area (Å²) in [5, 5.41) is 10.9. The lowest BCUT2D eigenvalue weighted by molar-refractivity contribution is -0.385. The van der Waals surface area contributed by atoms with Crippen LogP contribution in [0.15, 0.2) is 40.9 Å². The lowest BCUT2D eigenvalue weighted by Gasteiger charge is -2.05. The lowest BCUT2D eigenvalue weighted by atomic mass is 9.99. The van der Waals surface area contributed by atoms with Gasteiger partial charge in [0.15, 0.2) is 5.78 Å². The predicted molar refractivity (Wildman–Crippen MR) is 80.1 cm³/mol. The molecule has 0 radical (unpaired) electrons. The monoisotopic (exact) mass is 333 g/mol. The summed E-state index contributed by atoms with van der Waals surface area (Å²) in [5.74, 6) is -0.219. The number of nitro benzene ring substituents is 1. The third-order valence-electron chi connectivity index (χ3n) is 3.17. The Bertz CT molecular complexity index is 710. The van der Waals surface area contributed by atoms with Gasteiger partial charge >= 0.3 is 0 Å². The van der Waals surface area contributed by atoms with E-state index in [1.54, 1.807) is 18.2 Å². The normalized spacial score (nSPS) is 10.3. The first-order valence-corrected chi connectivity index (χ1v) is 6.75. The van der Waals surface area contributed by atoms with Crippen molar-refractivity contribution in [1.82, 2.24) is 0 Å². The smallest absolute Gasteiger partial charge is 0.284 e. The van der Waals surface area contributed by atoms with Gasteiger partial charge in [0.25, 0.3) is 5.69 Å². The summed E-state index contributed by atoms with van der Waals surface area (Å²) in [7, 11) is 0.